The lowest BCUT2D eigenvalue weighted by Gasteiger charge is -2.37. The Labute approximate surface area is 204 Å². The number of nitrogens with zero attached hydrogens (tertiary/aromatic N) is 2. The van der Waals surface area contributed by atoms with Crippen molar-refractivity contribution < 1.29 is 23.8 Å². The summed E-state index contributed by atoms with van der Waals surface area (Å²) in [5.41, 5.74) is 1.66. The fourth-order valence-electron chi connectivity index (χ4n) is 4.75. The van der Waals surface area contributed by atoms with Crippen molar-refractivity contribution >= 4 is 28.6 Å². The van der Waals surface area contributed by atoms with Crippen LogP contribution in [0, 0.1) is 11.8 Å². The first-order valence-corrected chi connectivity index (χ1v) is 12.6. The number of ether oxygens (including phenoxy) is 2. The van der Waals surface area contributed by atoms with Crippen molar-refractivity contribution in [1.29, 1.82) is 0 Å². The second kappa shape index (κ2) is 11.7. The van der Waals surface area contributed by atoms with Crippen LogP contribution in [-0.2, 0) is 9.53 Å². The molecule has 0 saturated carbocycles. The molecule has 182 valence electrons. The summed E-state index contributed by atoms with van der Waals surface area (Å²) in [7, 11) is 3.08. The first-order valence-electron chi connectivity index (χ1n) is 11.7. The number of esters is 1. The fourth-order valence-corrected chi connectivity index (χ4v) is 5.60. The number of fused-ring (bicyclic) bond motifs is 1. The normalized spacial score (nSPS) is 19.7. The number of aliphatic hydroxyl groups is 1. The third kappa shape index (κ3) is 5.92. The van der Waals surface area contributed by atoms with E-state index in [1.165, 1.54) is 7.11 Å². The molecule has 4 rings (SSSR count). The summed E-state index contributed by atoms with van der Waals surface area (Å²) < 4.78 is 15.9. The van der Waals surface area contributed by atoms with Gasteiger partial charge in [0.05, 0.1) is 38.0 Å². The number of thioether (sulfide) groups is 1. The molecule has 0 spiro atoms. The Hall–Kier alpha value is -2.55. The van der Waals surface area contributed by atoms with Gasteiger partial charge in [-0.1, -0.05) is 11.8 Å². The van der Waals surface area contributed by atoms with Crippen LogP contribution >= 0.6 is 11.8 Å². The Morgan fingerprint density at radius 3 is 2.97 bits per heavy atom. The second-order valence-electron chi connectivity index (χ2n) is 8.64. The van der Waals surface area contributed by atoms with Crippen molar-refractivity contribution in [3.8, 4) is 5.75 Å². The molecule has 2 aromatic heterocycles. The van der Waals surface area contributed by atoms with Crippen molar-refractivity contribution in [3.63, 3.8) is 0 Å². The van der Waals surface area contributed by atoms with Gasteiger partial charge in [-0.05, 0) is 73.7 Å². The van der Waals surface area contributed by atoms with Crippen LogP contribution in [0.1, 0.15) is 30.9 Å². The number of rotatable bonds is 10. The lowest BCUT2D eigenvalue weighted by Crippen LogP contribution is -2.45. The number of carbonyl (C=O) groups excluding carboxylic acids is 1. The second-order valence-corrected chi connectivity index (χ2v) is 9.74. The molecule has 1 N–H and O–H groups in total. The maximum Gasteiger partial charge on any atom is 0.310 e. The molecule has 7 nitrogen and oxygen atoms in total. The zero-order valence-electron chi connectivity index (χ0n) is 19.7. The average Bonchev–Trinajstić information content (AvgIpc) is 3.40. The van der Waals surface area contributed by atoms with Gasteiger partial charge in [0.1, 0.15) is 5.75 Å². The average molecular weight is 485 g/mol. The van der Waals surface area contributed by atoms with Gasteiger partial charge in [-0.3, -0.25) is 9.78 Å². The summed E-state index contributed by atoms with van der Waals surface area (Å²) in [5, 5.41) is 12.8. The summed E-state index contributed by atoms with van der Waals surface area (Å²) >= 11 is 1.68. The van der Waals surface area contributed by atoms with E-state index in [1.807, 2.05) is 36.4 Å². The SMILES string of the molecule is COC(=O)[C@H]1CN(CCSc2ccco2)CC[C@H]1CCC(O)c1ccnc2ccc(OC)cc12. The standard InChI is InChI=1S/C26H32N2O5S/c1-31-19-6-7-23-21(16-19)20(9-11-27-23)24(29)8-5-18-10-12-28(17-22(18)26(30)32-2)13-15-34-25-4-3-14-33-25/h3-4,6-7,9,11,14,16,18,22,24,29H,5,8,10,12-13,15,17H2,1-2H3/t18-,22+,24?/m1/s1. The van der Waals surface area contributed by atoms with Crippen molar-refractivity contribution in [1.82, 2.24) is 9.88 Å². The Bertz CT molecular complexity index is 1070. The van der Waals surface area contributed by atoms with Crippen LogP contribution in [0.4, 0.5) is 0 Å². The Morgan fingerprint density at radius 2 is 2.21 bits per heavy atom. The third-order valence-corrected chi connectivity index (χ3v) is 7.55. The van der Waals surface area contributed by atoms with Gasteiger partial charge in [-0.25, -0.2) is 0 Å². The number of likely N-dealkylation sites (tertiary alicyclic amines) is 1. The van der Waals surface area contributed by atoms with Crippen LogP contribution in [-0.4, -0.2) is 60.6 Å². The summed E-state index contributed by atoms with van der Waals surface area (Å²) in [6, 6.07) is 11.4. The van der Waals surface area contributed by atoms with E-state index >= 15 is 0 Å². The highest BCUT2D eigenvalue weighted by atomic mass is 32.2. The van der Waals surface area contributed by atoms with Crippen molar-refractivity contribution in [3.05, 3.63) is 54.4 Å². The fraction of sp³-hybridized carbons (Fsp3) is 0.462. The van der Waals surface area contributed by atoms with E-state index in [0.29, 0.717) is 13.0 Å². The van der Waals surface area contributed by atoms with E-state index in [-0.39, 0.29) is 17.8 Å². The van der Waals surface area contributed by atoms with E-state index in [4.69, 9.17) is 13.9 Å². The zero-order valence-corrected chi connectivity index (χ0v) is 20.5. The minimum Gasteiger partial charge on any atom is -0.497 e. The van der Waals surface area contributed by atoms with Crippen molar-refractivity contribution in [2.75, 3.05) is 39.6 Å². The molecule has 0 amide bonds. The van der Waals surface area contributed by atoms with Crippen LogP contribution in [0.5, 0.6) is 5.75 Å². The van der Waals surface area contributed by atoms with Gasteiger partial charge < -0.3 is 23.9 Å². The molecule has 3 atom stereocenters. The molecular weight excluding hydrogens is 452 g/mol. The highest BCUT2D eigenvalue weighted by molar-refractivity contribution is 7.99. The molecule has 1 aliphatic heterocycles. The Balaban J connectivity index is 1.37. The van der Waals surface area contributed by atoms with Crippen LogP contribution in [0.15, 0.2) is 58.4 Å². The number of furan rings is 1. The number of carbonyl (C=O) groups is 1. The Morgan fingerprint density at radius 1 is 1.32 bits per heavy atom. The molecule has 1 aromatic carbocycles. The Kier molecular flexibility index (Phi) is 8.48. The number of piperidine rings is 1. The number of aliphatic hydroxyl groups excluding tert-OH is 1. The van der Waals surface area contributed by atoms with Gasteiger partial charge in [-0.15, -0.1) is 0 Å². The number of benzene rings is 1. The highest BCUT2D eigenvalue weighted by Gasteiger charge is 2.35. The maximum atomic E-state index is 12.6. The van der Waals surface area contributed by atoms with Gasteiger partial charge in [0.25, 0.3) is 0 Å². The molecule has 1 fully saturated rings. The number of hydrogen-bond acceptors (Lipinski definition) is 8. The van der Waals surface area contributed by atoms with Crippen LogP contribution < -0.4 is 4.74 Å². The van der Waals surface area contributed by atoms with Crippen molar-refractivity contribution in [2.24, 2.45) is 11.8 Å². The van der Waals surface area contributed by atoms with E-state index < -0.39 is 6.10 Å². The summed E-state index contributed by atoms with van der Waals surface area (Å²) in [6.45, 7) is 2.50. The summed E-state index contributed by atoms with van der Waals surface area (Å²) in [6.07, 6.45) is 5.00. The maximum absolute atomic E-state index is 12.6. The quantitative estimate of drug-likeness (QED) is 0.331. The first-order chi connectivity index (χ1) is 16.6. The monoisotopic (exact) mass is 484 g/mol. The molecule has 0 radical (unpaired) electrons. The lowest BCUT2D eigenvalue weighted by molar-refractivity contribution is -0.150. The molecule has 1 aliphatic rings. The molecule has 8 heteroatoms. The number of hydrogen-bond donors (Lipinski definition) is 1. The van der Waals surface area contributed by atoms with E-state index in [9.17, 15) is 9.90 Å². The number of methoxy groups -OCH3 is 2. The van der Waals surface area contributed by atoms with Crippen LogP contribution in [0.3, 0.4) is 0 Å². The van der Waals surface area contributed by atoms with E-state index in [0.717, 1.165) is 59.0 Å². The minimum atomic E-state index is -0.640. The number of aromatic nitrogens is 1. The molecule has 0 aliphatic carbocycles. The third-order valence-electron chi connectivity index (χ3n) is 6.64. The van der Waals surface area contributed by atoms with E-state index in [1.54, 1.807) is 31.3 Å². The lowest BCUT2D eigenvalue weighted by atomic mass is 9.81. The van der Waals surface area contributed by atoms with Gasteiger partial charge >= 0.3 is 5.97 Å². The van der Waals surface area contributed by atoms with Gasteiger partial charge in [-0.2, -0.15) is 0 Å². The molecule has 3 aromatic rings. The smallest absolute Gasteiger partial charge is 0.310 e. The van der Waals surface area contributed by atoms with Gasteiger partial charge in [0.15, 0.2) is 5.09 Å². The first kappa shape index (κ1) is 24.6. The van der Waals surface area contributed by atoms with E-state index in [2.05, 4.69) is 9.88 Å². The van der Waals surface area contributed by atoms with Crippen molar-refractivity contribution in [2.45, 2.75) is 30.5 Å². The molecule has 1 saturated heterocycles. The highest BCUT2D eigenvalue weighted by Crippen LogP contribution is 2.34. The molecular formula is C26H32N2O5S. The largest absolute Gasteiger partial charge is 0.497 e. The predicted octanol–water partition coefficient (Wildman–Crippen LogP) is 4.55. The molecule has 3 heterocycles. The summed E-state index contributed by atoms with van der Waals surface area (Å²) in [4.78, 5) is 19.3. The number of pyridine rings is 1. The zero-order chi connectivity index (χ0) is 23.9. The van der Waals surface area contributed by atoms with Crippen LogP contribution in [0.25, 0.3) is 10.9 Å². The molecule has 0 bridgehead atoms. The van der Waals surface area contributed by atoms with Gasteiger partial charge in [0, 0.05) is 30.4 Å². The minimum absolute atomic E-state index is 0.165. The molecule has 1 unspecified atom stereocenters. The predicted molar refractivity (Wildman–Crippen MR) is 132 cm³/mol. The topological polar surface area (TPSA) is 85.0 Å². The van der Waals surface area contributed by atoms with Crippen LogP contribution in [0.2, 0.25) is 0 Å². The molecule has 34 heavy (non-hydrogen) atoms. The summed E-state index contributed by atoms with van der Waals surface area (Å²) in [5.74, 6) is 1.47. The van der Waals surface area contributed by atoms with Gasteiger partial charge in [0.2, 0.25) is 0 Å².